The summed E-state index contributed by atoms with van der Waals surface area (Å²) in [6, 6.07) is 10.7. The molecule has 9 heteroatoms. The number of halogens is 4. The van der Waals surface area contributed by atoms with Crippen LogP contribution in [0.4, 0.5) is 18.9 Å². The first kappa shape index (κ1) is 19.8. The molecule has 0 N–H and O–H groups in total. The van der Waals surface area contributed by atoms with Crippen molar-refractivity contribution in [3.63, 3.8) is 0 Å². The molecule has 146 valence electrons. The SMILES string of the molecule is COc1cc(/C=C2\C(=O)N(c3ccccc3)N=C2C(F)(F)F)cc(Cl)c1OC. The summed E-state index contributed by atoms with van der Waals surface area (Å²) >= 11 is 6.10. The first-order valence-electron chi connectivity index (χ1n) is 7.95. The van der Waals surface area contributed by atoms with E-state index in [1.165, 1.54) is 38.5 Å². The van der Waals surface area contributed by atoms with E-state index in [-0.39, 0.29) is 27.8 Å². The van der Waals surface area contributed by atoms with Crippen LogP contribution in [-0.2, 0) is 4.79 Å². The van der Waals surface area contributed by atoms with Crippen molar-refractivity contribution in [1.29, 1.82) is 0 Å². The second kappa shape index (κ2) is 7.55. The number of ether oxygens (including phenoxy) is 2. The lowest BCUT2D eigenvalue weighted by Crippen LogP contribution is -2.25. The molecular formula is C19H14ClF3N2O3. The molecule has 0 aromatic heterocycles. The number of rotatable bonds is 4. The molecule has 28 heavy (non-hydrogen) atoms. The number of anilines is 1. The van der Waals surface area contributed by atoms with Crippen LogP contribution < -0.4 is 14.5 Å². The van der Waals surface area contributed by atoms with Gasteiger partial charge in [0.05, 0.1) is 30.5 Å². The third-order valence-corrected chi connectivity index (χ3v) is 4.19. The summed E-state index contributed by atoms with van der Waals surface area (Å²) < 4.78 is 50.7. The van der Waals surface area contributed by atoms with Crippen LogP contribution in [0.3, 0.4) is 0 Å². The molecule has 0 bridgehead atoms. The fraction of sp³-hybridized carbons (Fsp3) is 0.158. The zero-order chi connectivity index (χ0) is 20.5. The Bertz CT molecular complexity index is 972. The zero-order valence-electron chi connectivity index (χ0n) is 14.7. The number of carbonyl (C=O) groups excluding carboxylic acids is 1. The summed E-state index contributed by atoms with van der Waals surface area (Å²) in [5.74, 6) is -0.443. The maximum Gasteiger partial charge on any atom is 0.435 e. The summed E-state index contributed by atoms with van der Waals surface area (Å²) in [5.41, 5.74) is -1.42. The van der Waals surface area contributed by atoms with Crippen molar-refractivity contribution in [3.8, 4) is 11.5 Å². The minimum atomic E-state index is -4.81. The van der Waals surface area contributed by atoms with Crippen LogP contribution in [0.2, 0.25) is 5.02 Å². The van der Waals surface area contributed by atoms with E-state index in [2.05, 4.69) is 5.10 Å². The number of hydrazone groups is 1. The predicted octanol–water partition coefficient (Wildman–Crippen LogP) is 4.71. The topological polar surface area (TPSA) is 51.1 Å². The zero-order valence-corrected chi connectivity index (χ0v) is 15.5. The Balaban J connectivity index is 2.11. The number of benzene rings is 2. The van der Waals surface area contributed by atoms with Gasteiger partial charge in [0, 0.05) is 0 Å². The molecule has 5 nitrogen and oxygen atoms in total. The molecule has 0 atom stereocenters. The number of hydrogen-bond acceptors (Lipinski definition) is 4. The van der Waals surface area contributed by atoms with Crippen LogP contribution in [-0.4, -0.2) is 32.0 Å². The third kappa shape index (κ3) is 3.68. The Morgan fingerprint density at radius 3 is 2.36 bits per heavy atom. The number of amides is 1. The van der Waals surface area contributed by atoms with E-state index in [4.69, 9.17) is 21.1 Å². The quantitative estimate of drug-likeness (QED) is 0.686. The van der Waals surface area contributed by atoms with Crippen molar-refractivity contribution < 1.29 is 27.4 Å². The summed E-state index contributed by atoms with van der Waals surface area (Å²) in [5, 5.41) is 4.35. The first-order valence-corrected chi connectivity index (χ1v) is 8.33. The second-order valence-electron chi connectivity index (χ2n) is 5.70. The molecular weight excluding hydrogens is 397 g/mol. The Labute approximate surface area is 163 Å². The molecule has 2 aromatic carbocycles. The fourth-order valence-corrected chi connectivity index (χ4v) is 2.98. The lowest BCUT2D eigenvalue weighted by atomic mass is 10.1. The van der Waals surface area contributed by atoms with E-state index in [0.717, 1.165) is 11.1 Å². The van der Waals surface area contributed by atoms with Crippen molar-refractivity contribution in [2.75, 3.05) is 19.2 Å². The molecule has 0 spiro atoms. The molecule has 0 saturated heterocycles. The van der Waals surface area contributed by atoms with Crippen LogP contribution in [0.5, 0.6) is 11.5 Å². The van der Waals surface area contributed by atoms with E-state index < -0.39 is 23.4 Å². The molecule has 0 unspecified atom stereocenters. The van der Waals surface area contributed by atoms with Gasteiger partial charge in [-0.15, -0.1) is 0 Å². The van der Waals surface area contributed by atoms with Gasteiger partial charge < -0.3 is 9.47 Å². The van der Waals surface area contributed by atoms with Gasteiger partial charge in [0.1, 0.15) is 0 Å². The van der Waals surface area contributed by atoms with Gasteiger partial charge in [-0.3, -0.25) is 4.79 Å². The molecule has 0 radical (unpaired) electrons. The lowest BCUT2D eigenvalue weighted by molar-refractivity contribution is -0.114. The summed E-state index contributed by atoms with van der Waals surface area (Å²) in [6.07, 6.45) is -3.74. The van der Waals surface area contributed by atoms with Gasteiger partial charge in [-0.2, -0.15) is 23.3 Å². The van der Waals surface area contributed by atoms with E-state index in [1.54, 1.807) is 18.2 Å². The van der Waals surface area contributed by atoms with Gasteiger partial charge in [-0.05, 0) is 35.9 Å². The third-order valence-electron chi connectivity index (χ3n) is 3.91. The summed E-state index contributed by atoms with van der Waals surface area (Å²) in [6.45, 7) is 0. The van der Waals surface area contributed by atoms with Crippen molar-refractivity contribution >= 4 is 35.0 Å². The highest BCUT2D eigenvalue weighted by Gasteiger charge is 2.46. The molecule has 0 aliphatic carbocycles. The van der Waals surface area contributed by atoms with Gasteiger partial charge in [-0.25, -0.2) is 0 Å². The van der Waals surface area contributed by atoms with Crippen molar-refractivity contribution in [2.45, 2.75) is 6.18 Å². The smallest absolute Gasteiger partial charge is 0.435 e. The highest BCUT2D eigenvalue weighted by atomic mass is 35.5. The van der Waals surface area contributed by atoms with Gasteiger partial charge >= 0.3 is 6.18 Å². The van der Waals surface area contributed by atoms with Crippen LogP contribution in [0.15, 0.2) is 53.1 Å². The van der Waals surface area contributed by atoms with Crippen LogP contribution in [0.1, 0.15) is 5.56 Å². The molecule has 2 aromatic rings. The highest BCUT2D eigenvalue weighted by Crippen LogP contribution is 2.38. The van der Waals surface area contributed by atoms with E-state index in [0.29, 0.717) is 0 Å². The second-order valence-corrected chi connectivity index (χ2v) is 6.10. The number of carbonyl (C=O) groups is 1. The monoisotopic (exact) mass is 410 g/mol. The molecule has 1 aliphatic rings. The standard InChI is InChI=1S/C19H14ClF3N2O3/c1-27-15-10-11(9-14(20)16(15)28-2)8-13-17(19(21,22)23)24-25(18(13)26)12-6-4-3-5-7-12/h3-10H,1-2H3/b13-8-. The molecule has 1 aliphatic heterocycles. The Morgan fingerprint density at radius 1 is 1.11 bits per heavy atom. The number of nitrogens with zero attached hydrogens (tertiary/aromatic N) is 2. The van der Waals surface area contributed by atoms with Gasteiger partial charge in [0.25, 0.3) is 5.91 Å². The van der Waals surface area contributed by atoms with Gasteiger partial charge in [-0.1, -0.05) is 29.8 Å². The maximum absolute atomic E-state index is 13.5. The van der Waals surface area contributed by atoms with Crippen LogP contribution in [0.25, 0.3) is 6.08 Å². The molecule has 1 heterocycles. The number of alkyl halides is 3. The number of hydrogen-bond donors (Lipinski definition) is 0. The predicted molar refractivity (Wildman–Crippen MR) is 100.0 cm³/mol. The van der Waals surface area contributed by atoms with Crippen LogP contribution in [0, 0.1) is 0 Å². The van der Waals surface area contributed by atoms with Crippen molar-refractivity contribution in [2.24, 2.45) is 5.10 Å². The lowest BCUT2D eigenvalue weighted by Gasteiger charge is -2.12. The molecule has 0 fully saturated rings. The summed E-state index contributed by atoms with van der Waals surface area (Å²) in [7, 11) is 2.75. The van der Waals surface area contributed by atoms with E-state index in [9.17, 15) is 18.0 Å². The molecule has 0 saturated carbocycles. The van der Waals surface area contributed by atoms with E-state index in [1.807, 2.05) is 0 Å². The van der Waals surface area contributed by atoms with Crippen molar-refractivity contribution in [1.82, 2.24) is 0 Å². The maximum atomic E-state index is 13.5. The Kier molecular flexibility index (Phi) is 5.33. The molecule has 3 rings (SSSR count). The highest BCUT2D eigenvalue weighted by molar-refractivity contribution is 6.35. The first-order chi connectivity index (χ1) is 13.3. The Hall–Kier alpha value is -3.00. The number of methoxy groups -OCH3 is 2. The minimum absolute atomic E-state index is 0.129. The molecule has 1 amide bonds. The average Bonchev–Trinajstić information content (AvgIpc) is 2.98. The van der Waals surface area contributed by atoms with Gasteiger partial charge in [0.2, 0.25) is 0 Å². The largest absolute Gasteiger partial charge is 0.493 e. The average molecular weight is 411 g/mol. The van der Waals surface area contributed by atoms with Gasteiger partial charge in [0.15, 0.2) is 17.2 Å². The normalized spacial score (nSPS) is 15.8. The summed E-state index contributed by atoms with van der Waals surface area (Å²) in [4.78, 5) is 12.7. The van der Waals surface area contributed by atoms with E-state index >= 15 is 0 Å². The fourth-order valence-electron chi connectivity index (χ4n) is 2.69. The Morgan fingerprint density at radius 2 is 1.79 bits per heavy atom. The van der Waals surface area contributed by atoms with Crippen molar-refractivity contribution in [3.05, 3.63) is 58.6 Å². The number of para-hydroxylation sites is 1. The van der Waals surface area contributed by atoms with Crippen LogP contribution >= 0.6 is 11.6 Å². The minimum Gasteiger partial charge on any atom is -0.493 e.